The van der Waals surface area contributed by atoms with Crippen molar-refractivity contribution in [1.82, 2.24) is 10.3 Å². The fourth-order valence-electron chi connectivity index (χ4n) is 5.75. The molecule has 2 saturated heterocycles. The van der Waals surface area contributed by atoms with Gasteiger partial charge in [0.15, 0.2) is 5.13 Å². The summed E-state index contributed by atoms with van der Waals surface area (Å²) in [4.78, 5) is 21.5. The molecule has 3 aromatic rings. The summed E-state index contributed by atoms with van der Waals surface area (Å²) in [6.45, 7) is 2.99. The summed E-state index contributed by atoms with van der Waals surface area (Å²) in [6.07, 6.45) is 4.00. The Balaban J connectivity index is 1.23. The molecule has 6 rings (SSSR count). The number of amides is 1. The van der Waals surface area contributed by atoms with Gasteiger partial charge >= 0.3 is 0 Å². The first-order valence-corrected chi connectivity index (χ1v) is 14.3. The molecule has 8 nitrogen and oxygen atoms in total. The second-order valence-electron chi connectivity index (χ2n) is 9.55. The third-order valence-corrected chi connectivity index (χ3v) is 9.71. The Hall–Kier alpha value is -3.02. The maximum atomic E-state index is 14.2. The molecule has 188 valence electrons. The molecule has 2 fully saturated rings. The predicted molar refractivity (Wildman–Crippen MR) is 138 cm³/mol. The zero-order valence-corrected chi connectivity index (χ0v) is 21.1. The Morgan fingerprint density at radius 3 is 2.64 bits per heavy atom. The van der Waals surface area contributed by atoms with Gasteiger partial charge in [0.05, 0.1) is 4.90 Å². The summed E-state index contributed by atoms with van der Waals surface area (Å²) < 4.78 is 42.0. The first-order valence-electron chi connectivity index (χ1n) is 12.0. The van der Waals surface area contributed by atoms with E-state index in [1.807, 2.05) is 6.07 Å². The maximum absolute atomic E-state index is 14.2. The van der Waals surface area contributed by atoms with E-state index in [9.17, 15) is 17.6 Å². The predicted octanol–water partition coefficient (Wildman–Crippen LogP) is 3.33. The quantitative estimate of drug-likeness (QED) is 0.529. The lowest BCUT2D eigenvalue weighted by atomic mass is 9.75. The molecule has 2 N–H and O–H groups in total. The van der Waals surface area contributed by atoms with Gasteiger partial charge in [-0.3, -0.25) is 9.52 Å². The van der Waals surface area contributed by atoms with Gasteiger partial charge in [-0.2, -0.15) is 0 Å². The highest BCUT2D eigenvalue weighted by atomic mass is 32.2. The van der Waals surface area contributed by atoms with Crippen molar-refractivity contribution >= 4 is 43.8 Å². The van der Waals surface area contributed by atoms with Gasteiger partial charge in [-0.1, -0.05) is 0 Å². The third kappa shape index (κ3) is 3.95. The van der Waals surface area contributed by atoms with Gasteiger partial charge in [0.2, 0.25) is 5.91 Å². The molecular formula is C25H26FN5O3S2. The fourth-order valence-corrected chi connectivity index (χ4v) is 7.54. The topological polar surface area (TPSA) is 94.6 Å². The first-order chi connectivity index (χ1) is 17.4. The lowest BCUT2D eigenvalue weighted by Crippen LogP contribution is -2.47. The Morgan fingerprint density at radius 2 is 1.92 bits per heavy atom. The Labute approximate surface area is 213 Å². The number of benzene rings is 2. The molecule has 0 bridgehead atoms. The van der Waals surface area contributed by atoms with E-state index in [2.05, 4.69) is 19.9 Å². The van der Waals surface area contributed by atoms with Crippen LogP contribution in [0.3, 0.4) is 0 Å². The molecule has 36 heavy (non-hydrogen) atoms. The van der Waals surface area contributed by atoms with Crippen LogP contribution in [0.1, 0.15) is 24.8 Å². The van der Waals surface area contributed by atoms with E-state index >= 15 is 0 Å². The van der Waals surface area contributed by atoms with E-state index in [-0.39, 0.29) is 28.1 Å². The Kier molecular flexibility index (Phi) is 5.73. The number of aromatic nitrogens is 1. The molecule has 1 atom stereocenters. The van der Waals surface area contributed by atoms with Gasteiger partial charge in [0.1, 0.15) is 11.9 Å². The van der Waals surface area contributed by atoms with Crippen molar-refractivity contribution in [3.63, 3.8) is 0 Å². The van der Waals surface area contributed by atoms with Crippen molar-refractivity contribution in [2.75, 3.05) is 40.7 Å². The minimum atomic E-state index is -3.76. The number of anilines is 3. The van der Waals surface area contributed by atoms with Crippen molar-refractivity contribution in [2.24, 2.45) is 0 Å². The summed E-state index contributed by atoms with van der Waals surface area (Å²) in [5, 5.41) is 5.39. The second kappa shape index (κ2) is 8.82. The minimum Gasteiger partial charge on any atom is -0.358 e. The smallest absolute Gasteiger partial charge is 0.263 e. The first kappa shape index (κ1) is 23.4. The van der Waals surface area contributed by atoms with Crippen molar-refractivity contribution in [1.29, 1.82) is 0 Å². The van der Waals surface area contributed by atoms with E-state index in [4.69, 9.17) is 0 Å². The number of nitrogens with zero attached hydrogens (tertiary/aromatic N) is 3. The average molecular weight is 528 g/mol. The molecule has 3 aliphatic rings. The molecular weight excluding hydrogens is 501 g/mol. The van der Waals surface area contributed by atoms with E-state index in [0.29, 0.717) is 30.3 Å². The molecule has 3 aliphatic heterocycles. The molecule has 1 spiro atoms. The van der Waals surface area contributed by atoms with Crippen LogP contribution in [0.4, 0.5) is 20.9 Å². The maximum Gasteiger partial charge on any atom is 0.263 e. The molecule has 2 aromatic carbocycles. The summed E-state index contributed by atoms with van der Waals surface area (Å²) in [5.41, 5.74) is 2.48. The highest BCUT2D eigenvalue weighted by Gasteiger charge is 2.48. The van der Waals surface area contributed by atoms with Gasteiger partial charge < -0.3 is 15.1 Å². The number of hydrogen-bond acceptors (Lipinski definition) is 7. The highest BCUT2D eigenvalue weighted by molar-refractivity contribution is 7.93. The molecule has 0 saturated carbocycles. The van der Waals surface area contributed by atoms with Crippen LogP contribution in [-0.2, 0) is 20.2 Å². The molecule has 1 amide bonds. The van der Waals surface area contributed by atoms with Crippen molar-refractivity contribution in [3.8, 4) is 0 Å². The van der Waals surface area contributed by atoms with Crippen LogP contribution < -0.4 is 19.8 Å². The summed E-state index contributed by atoms with van der Waals surface area (Å²) in [7, 11) is -3.76. The molecule has 0 radical (unpaired) electrons. The largest absolute Gasteiger partial charge is 0.358 e. The van der Waals surface area contributed by atoms with Crippen LogP contribution in [-0.4, -0.2) is 51.5 Å². The number of sulfonamides is 1. The number of carbonyl (C=O) groups is 1. The van der Waals surface area contributed by atoms with Gasteiger partial charge in [0.25, 0.3) is 10.0 Å². The molecule has 1 aromatic heterocycles. The standard InChI is InChI=1S/C25H26FN5O3S2/c26-17-1-6-21-20(15-17)25(8-10-27-11-9-25)16-31(21)22-7-13-30(23(22)32)18-2-4-19(5-3-18)36(33,34)29-24-28-12-14-35-24/h1-6,12,14-15,22,27H,7-11,13,16H2,(H,28,29). The zero-order valence-electron chi connectivity index (χ0n) is 19.5. The summed E-state index contributed by atoms with van der Waals surface area (Å²) in [6, 6.07) is 10.9. The number of carbonyl (C=O) groups excluding carboxylic acids is 1. The van der Waals surface area contributed by atoms with Crippen LogP contribution in [0.15, 0.2) is 58.9 Å². The van der Waals surface area contributed by atoms with Gasteiger partial charge in [-0.15, -0.1) is 11.3 Å². The monoisotopic (exact) mass is 527 g/mol. The number of thiazole rings is 1. The van der Waals surface area contributed by atoms with Gasteiger partial charge in [-0.05, 0) is 80.4 Å². The number of halogens is 1. The van der Waals surface area contributed by atoms with Crippen molar-refractivity contribution < 1.29 is 17.6 Å². The van der Waals surface area contributed by atoms with Crippen LogP contribution in [0.25, 0.3) is 0 Å². The van der Waals surface area contributed by atoms with Crippen molar-refractivity contribution in [3.05, 3.63) is 65.4 Å². The Morgan fingerprint density at radius 1 is 1.14 bits per heavy atom. The highest BCUT2D eigenvalue weighted by Crippen LogP contribution is 2.48. The van der Waals surface area contributed by atoms with Crippen LogP contribution in [0, 0.1) is 5.82 Å². The SMILES string of the molecule is O=C1C(N2CC3(CCNCC3)c3cc(F)ccc32)CCN1c1ccc(S(=O)(=O)Nc2nccs2)cc1. The van der Waals surface area contributed by atoms with E-state index < -0.39 is 10.0 Å². The molecule has 4 heterocycles. The average Bonchev–Trinajstić information content (AvgIpc) is 3.59. The lowest BCUT2D eigenvalue weighted by Gasteiger charge is -2.35. The number of piperidine rings is 1. The molecule has 1 unspecified atom stereocenters. The van der Waals surface area contributed by atoms with Crippen LogP contribution in [0.5, 0.6) is 0 Å². The zero-order chi connectivity index (χ0) is 24.9. The number of fused-ring (bicyclic) bond motifs is 2. The Bertz CT molecular complexity index is 1390. The van der Waals surface area contributed by atoms with Gasteiger partial charge in [0, 0.05) is 41.5 Å². The van der Waals surface area contributed by atoms with E-state index in [1.165, 1.54) is 35.7 Å². The van der Waals surface area contributed by atoms with E-state index in [0.717, 1.165) is 37.2 Å². The lowest BCUT2D eigenvalue weighted by molar-refractivity contribution is -0.118. The summed E-state index contributed by atoms with van der Waals surface area (Å²) >= 11 is 1.20. The number of rotatable bonds is 5. The third-order valence-electron chi connectivity index (χ3n) is 7.54. The normalized spacial score (nSPS) is 21.2. The molecule has 0 aliphatic carbocycles. The van der Waals surface area contributed by atoms with Crippen LogP contribution in [0.2, 0.25) is 0 Å². The van der Waals surface area contributed by atoms with E-state index in [1.54, 1.807) is 28.5 Å². The minimum absolute atomic E-state index is 0.0206. The fraction of sp³-hybridized carbons (Fsp3) is 0.360. The van der Waals surface area contributed by atoms with Crippen LogP contribution >= 0.6 is 11.3 Å². The van der Waals surface area contributed by atoms with Crippen molar-refractivity contribution in [2.45, 2.75) is 35.6 Å². The number of hydrogen-bond donors (Lipinski definition) is 2. The van der Waals surface area contributed by atoms with Gasteiger partial charge in [-0.25, -0.2) is 17.8 Å². The number of nitrogens with one attached hydrogen (secondary N) is 2. The molecule has 11 heteroatoms. The second-order valence-corrected chi connectivity index (χ2v) is 12.1. The summed E-state index contributed by atoms with van der Waals surface area (Å²) in [5.74, 6) is -0.264.